The topological polar surface area (TPSA) is 102 Å². The van der Waals surface area contributed by atoms with Crippen molar-refractivity contribution in [2.45, 2.75) is 10.1 Å². The van der Waals surface area contributed by atoms with Gasteiger partial charge in [0.15, 0.2) is 5.84 Å². The van der Waals surface area contributed by atoms with E-state index in [1.165, 1.54) is 16.8 Å². The van der Waals surface area contributed by atoms with Crippen molar-refractivity contribution >= 4 is 17.6 Å². The minimum atomic E-state index is -0.493. The number of benzene rings is 1. The van der Waals surface area contributed by atoms with E-state index >= 15 is 0 Å². The van der Waals surface area contributed by atoms with Crippen molar-refractivity contribution in [3.05, 3.63) is 29.6 Å². The second kappa shape index (κ2) is 5.00. The van der Waals surface area contributed by atoms with Crippen LogP contribution >= 0.6 is 11.8 Å². The molecule has 9 heteroatoms. The van der Waals surface area contributed by atoms with Gasteiger partial charge in [0.2, 0.25) is 5.16 Å². The van der Waals surface area contributed by atoms with Gasteiger partial charge in [-0.15, -0.1) is 5.10 Å². The van der Waals surface area contributed by atoms with Gasteiger partial charge in [-0.25, -0.2) is 9.07 Å². The molecule has 3 N–H and O–H groups in total. The summed E-state index contributed by atoms with van der Waals surface area (Å²) in [7, 11) is 1.66. The molecule has 0 unspecified atom stereocenters. The van der Waals surface area contributed by atoms with Gasteiger partial charge in [-0.05, 0) is 40.4 Å². The minimum absolute atomic E-state index is 0.147. The van der Waals surface area contributed by atoms with Crippen LogP contribution in [0, 0.1) is 5.82 Å². The molecule has 94 valence electrons. The zero-order valence-corrected chi connectivity index (χ0v) is 10.1. The third-order valence-corrected chi connectivity index (χ3v) is 3.20. The van der Waals surface area contributed by atoms with Gasteiger partial charge in [-0.1, -0.05) is 5.16 Å². The molecule has 18 heavy (non-hydrogen) atoms. The number of hydrogen-bond acceptors (Lipinski definition) is 6. The summed E-state index contributed by atoms with van der Waals surface area (Å²) < 4.78 is 15.2. The SMILES string of the molecule is Cn1nnnc1Sc1ccc(/C(N)=N/O)cc1F. The third kappa shape index (κ3) is 2.40. The summed E-state index contributed by atoms with van der Waals surface area (Å²) in [5.74, 6) is -0.641. The lowest BCUT2D eigenvalue weighted by atomic mass is 10.2. The Morgan fingerprint density at radius 1 is 1.56 bits per heavy atom. The van der Waals surface area contributed by atoms with Crippen molar-refractivity contribution in [3.8, 4) is 0 Å². The van der Waals surface area contributed by atoms with Gasteiger partial charge in [0.05, 0.1) is 4.90 Å². The lowest BCUT2D eigenvalue weighted by Gasteiger charge is -2.03. The van der Waals surface area contributed by atoms with Crippen molar-refractivity contribution < 1.29 is 9.60 Å². The van der Waals surface area contributed by atoms with E-state index in [4.69, 9.17) is 10.9 Å². The average molecular weight is 268 g/mol. The minimum Gasteiger partial charge on any atom is -0.409 e. The molecule has 2 aromatic rings. The Labute approximate surface area is 105 Å². The van der Waals surface area contributed by atoms with Crippen LogP contribution in [-0.2, 0) is 7.05 Å². The number of aryl methyl sites for hydroxylation is 1. The predicted molar refractivity (Wildman–Crippen MR) is 61.8 cm³/mol. The molecule has 1 heterocycles. The maximum absolute atomic E-state index is 13.8. The van der Waals surface area contributed by atoms with Gasteiger partial charge >= 0.3 is 0 Å². The van der Waals surface area contributed by atoms with Crippen molar-refractivity contribution in [1.82, 2.24) is 20.2 Å². The van der Waals surface area contributed by atoms with Gasteiger partial charge in [0, 0.05) is 12.6 Å². The number of hydrogen-bond donors (Lipinski definition) is 2. The molecule has 0 saturated carbocycles. The Morgan fingerprint density at radius 3 is 2.89 bits per heavy atom. The van der Waals surface area contributed by atoms with Gasteiger partial charge < -0.3 is 10.9 Å². The van der Waals surface area contributed by atoms with Crippen LogP contribution in [-0.4, -0.2) is 31.3 Å². The van der Waals surface area contributed by atoms with E-state index in [0.29, 0.717) is 15.6 Å². The number of oxime groups is 1. The van der Waals surface area contributed by atoms with Gasteiger partial charge in [0.1, 0.15) is 5.82 Å². The molecule has 0 saturated heterocycles. The summed E-state index contributed by atoms with van der Waals surface area (Å²) in [6.07, 6.45) is 0. The highest BCUT2D eigenvalue weighted by Crippen LogP contribution is 2.27. The fourth-order valence-corrected chi connectivity index (χ4v) is 1.94. The molecule has 0 bridgehead atoms. The third-order valence-electron chi connectivity index (χ3n) is 2.12. The number of halogens is 1. The maximum Gasteiger partial charge on any atom is 0.213 e. The fourth-order valence-electron chi connectivity index (χ4n) is 1.21. The molecule has 2 rings (SSSR count). The molecule has 0 spiro atoms. The molecule has 0 radical (unpaired) electrons. The van der Waals surface area contributed by atoms with Crippen LogP contribution in [0.2, 0.25) is 0 Å². The summed E-state index contributed by atoms with van der Waals surface area (Å²) >= 11 is 1.08. The lowest BCUT2D eigenvalue weighted by molar-refractivity contribution is 0.318. The number of nitrogens with two attached hydrogens (primary N) is 1. The number of tetrazole rings is 1. The smallest absolute Gasteiger partial charge is 0.213 e. The molecule has 0 aliphatic heterocycles. The normalized spacial score (nSPS) is 11.8. The Bertz CT molecular complexity index is 598. The van der Waals surface area contributed by atoms with E-state index in [-0.39, 0.29) is 5.84 Å². The second-order valence-corrected chi connectivity index (χ2v) is 4.33. The predicted octanol–water partition coefficient (Wildman–Crippen LogP) is 0.595. The molecule has 0 atom stereocenters. The van der Waals surface area contributed by atoms with Crippen molar-refractivity contribution in [2.75, 3.05) is 0 Å². The van der Waals surface area contributed by atoms with Crippen LogP contribution in [0.5, 0.6) is 0 Å². The summed E-state index contributed by atoms with van der Waals surface area (Å²) in [6.45, 7) is 0. The van der Waals surface area contributed by atoms with E-state index in [0.717, 1.165) is 11.8 Å². The first-order valence-electron chi connectivity index (χ1n) is 4.79. The molecule has 1 aromatic heterocycles. The number of amidine groups is 1. The average Bonchev–Trinajstić information content (AvgIpc) is 2.76. The van der Waals surface area contributed by atoms with E-state index < -0.39 is 5.82 Å². The van der Waals surface area contributed by atoms with E-state index in [9.17, 15) is 4.39 Å². The molecule has 0 amide bonds. The summed E-state index contributed by atoms with van der Waals surface area (Å²) in [6, 6.07) is 4.24. The Balaban J connectivity index is 2.28. The van der Waals surface area contributed by atoms with Crippen molar-refractivity contribution in [2.24, 2.45) is 17.9 Å². The van der Waals surface area contributed by atoms with Crippen LogP contribution in [0.3, 0.4) is 0 Å². The zero-order valence-electron chi connectivity index (χ0n) is 9.28. The second-order valence-electron chi connectivity index (χ2n) is 3.32. The van der Waals surface area contributed by atoms with Crippen LogP contribution in [0.1, 0.15) is 5.56 Å². The molecule has 7 nitrogen and oxygen atoms in total. The molecule has 1 aromatic carbocycles. The fraction of sp³-hybridized carbons (Fsp3) is 0.111. The van der Waals surface area contributed by atoms with Crippen LogP contribution < -0.4 is 5.73 Å². The van der Waals surface area contributed by atoms with Gasteiger partial charge in [0.25, 0.3) is 0 Å². The summed E-state index contributed by atoms with van der Waals surface area (Å²) in [4.78, 5) is 0.349. The highest BCUT2D eigenvalue weighted by Gasteiger charge is 2.11. The largest absolute Gasteiger partial charge is 0.409 e. The molecule has 0 aliphatic rings. The van der Waals surface area contributed by atoms with Crippen LogP contribution in [0.15, 0.2) is 33.4 Å². The Morgan fingerprint density at radius 2 is 2.33 bits per heavy atom. The standard InChI is InChI=1S/C9H9FN6OS/c1-16-9(12-14-15-16)18-7-3-2-5(4-6(7)10)8(11)13-17/h2-4,17H,1H3,(H2,11,13). The highest BCUT2D eigenvalue weighted by atomic mass is 32.2. The number of rotatable bonds is 3. The number of aromatic nitrogens is 4. The quantitative estimate of drug-likeness (QED) is 0.365. The molecular weight excluding hydrogens is 259 g/mol. The monoisotopic (exact) mass is 268 g/mol. The highest BCUT2D eigenvalue weighted by molar-refractivity contribution is 7.99. The van der Waals surface area contributed by atoms with Crippen molar-refractivity contribution in [3.63, 3.8) is 0 Å². The van der Waals surface area contributed by atoms with E-state index in [1.54, 1.807) is 13.1 Å². The first-order valence-corrected chi connectivity index (χ1v) is 5.61. The summed E-state index contributed by atoms with van der Waals surface area (Å²) in [5.41, 5.74) is 5.66. The van der Waals surface area contributed by atoms with Crippen LogP contribution in [0.4, 0.5) is 4.39 Å². The zero-order chi connectivity index (χ0) is 13.1. The van der Waals surface area contributed by atoms with Gasteiger partial charge in [-0.2, -0.15) is 0 Å². The Kier molecular flexibility index (Phi) is 3.42. The van der Waals surface area contributed by atoms with Crippen LogP contribution in [0.25, 0.3) is 0 Å². The van der Waals surface area contributed by atoms with Crippen molar-refractivity contribution in [1.29, 1.82) is 0 Å². The van der Waals surface area contributed by atoms with E-state index in [2.05, 4.69) is 20.7 Å². The maximum atomic E-state index is 13.8. The summed E-state index contributed by atoms with van der Waals surface area (Å²) in [5, 5.41) is 22.6. The first kappa shape index (κ1) is 12.3. The number of nitrogens with zero attached hydrogens (tertiary/aromatic N) is 5. The Hall–Kier alpha value is -2.16. The van der Waals surface area contributed by atoms with E-state index in [1.807, 2.05) is 0 Å². The molecular formula is C9H9FN6OS. The molecule has 0 aliphatic carbocycles. The lowest BCUT2D eigenvalue weighted by Crippen LogP contribution is -2.13. The first-order chi connectivity index (χ1) is 8.61. The van der Waals surface area contributed by atoms with Gasteiger partial charge in [-0.3, -0.25) is 0 Å². The molecule has 0 fully saturated rings.